The number of piperidine rings is 1. The van der Waals surface area contributed by atoms with Crippen LogP contribution in [0.4, 0.5) is 0 Å². The van der Waals surface area contributed by atoms with Gasteiger partial charge in [-0.05, 0) is 12.8 Å². The van der Waals surface area contributed by atoms with Crippen molar-refractivity contribution in [2.75, 3.05) is 13.7 Å². The SMILES string of the molecule is COP(=O)(O)N1[CH]CCCC1. The summed E-state index contributed by atoms with van der Waals surface area (Å²) < 4.78 is 17.0. The van der Waals surface area contributed by atoms with Crippen LogP contribution >= 0.6 is 7.75 Å². The van der Waals surface area contributed by atoms with E-state index in [0.717, 1.165) is 19.3 Å². The van der Waals surface area contributed by atoms with Crippen molar-refractivity contribution in [1.29, 1.82) is 0 Å². The van der Waals surface area contributed by atoms with Crippen LogP contribution in [0.25, 0.3) is 0 Å². The molecule has 11 heavy (non-hydrogen) atoms. The lowest BCUT2D eigenvalue weighted by atomic mass is 10.2. The molecule has 1 N–H and O–H groups in total. The summed E-state index contributed by atoms with van der Waals surface area (Å²) in [5, 5.41) is 0. The van der Waals surface area contributed by atoms with E-state index < -0.39 is 7.75 Å². The Morgan fingerprint density at radius 2 is 2.36 bits per heavy atom. The topological polar surface area (TPSA) is 49.8 Å². The zero-order chi connectivity index (χ0) is 8.32. The molecule has 0 aliphatic carbocycles. The molecule has 1 fully saturated rings. The van der Waals surface area contributed by atoms with Gasteiger partial charge in [0.15, 0.2) is 0 Å². The molecule has 1 saturated heterocycles. The van der Waals surface area contributed by atoms with Gasteiger partial charge in [-0.3, -0.25) is 0 Å². The van der Waals surface area contributed by atoms with Crippen LogP contribution in [-0.4, -0.2) is 23.2 Å². The second-order valence-electron chi connectivity index (χ2n) is 2.51. The third-order valence-corrected chi connectivity index (χ3v) is 3.23. The molecule has 0 spiro atoms. The summed E-state index contributed by atoms with van der Waals surface area (Å²) in [6.45, 7) is 2.37. The van der Waals surface area contributed by atoms with Gasteiger partial charge in [0.05, 0.1) is 0 Å². The molecule has 1 atom stereocenters. The monoisotopic (exact) mass is 178 g/mol. The lowest BCUT2D eigenvalue weighted by Crippen LogP contribution is -2.23. The molecular formula is C6H13NO3P. The fourth-order valence-electron chi connectivity index (χ4n) is 1.08. The van der Waals surface area contributed by atoms with E-state index in [1.807, 2.05) is 0 Å². The first kappa shape index (κ1) is 9.20. The van der Waals surface area contributed by atoms with Gasteiger partial charge in [-0.1, -0.05) is 6.42 Å². The Hall–Kier alpha value is 0.110. The Labute approximate surface area is 66.7 Å². The van der Waals surface area contributed by atoms with Crippen LogP contribution in [0.5, 0.6) is 0 Å². The van der Waals surface area contributed by atoms with Crippen LogP contribution in [0, 0.1) is 6.54 Å². The Kier molecular flexibility index (Phi) is 3.07. The molecule has 0 aromatic carbocycles. The predicted octanol–water partition coefficient (Wildman–Crippen LogP) is 1.38. The van der Waals surface area contributed by atoms with Crippen molar-refractivity contribution in [3.63, 3.8) is 0 Å². The van der Waals surface area contributed by atoms with E-state index in [2.05, 4.69) is 4.52 Å². The van der Waals surface area contributed by atoms with Crippen LogP contribution in [-0.2, 0) is 9.09 Å². The highest BCUT2D eigenvalue weighted by atomic mass is 31.2. The van der Waals surface area contributed by atoms with E-state index in [0.29, 0.717) is 6.54 Å². The fourth-order valence-corrected chi connectivity index (χ4v) is 2.01. The number of rotatable bonds is 2. The van der Waals surface area contributed by atoms with Crippen LogP contribution in [0.1, 0.15) is 19.3 Å². The Morgan fingerprint density at radius 1 is 1.64 bits per heavy atom. The third kappa shape index (κ3) is 2.27. The normalized spacial score (nSPS) is 26.4. The highest BCUT2D eigenvalue weighted by molar-refractivity contribution is 7.50. The van der Waals surface area contributed by atoms with Crippen molar-refractivity contribution in [3.8, 4) is 0 Å². The standard InChI is InChI=1S/C6H13NO3P/c1-10-11(8,9)7-5-3-2-4-6-7/h5H,2-4,6H2,1H3,(H,8,9). The molecule has 0 aromatic rings. The summed E-state index contributed by atoms with van der Waals surface area (Å²) >= 11 is 0. The van der Waals surface area contributed by atoms with Gasteiger partial charge in [-0.15, -0.1) is 0 Å². The number of hydrogen-bond acceptors (Lipinski definition) is 2. The molecule has 0 amide bonds. The van der Waals surface area contributed by atoms with Crippen LogP contribution in [0.3, 0.4) is 0 Å². The third-order valence-electron chi connectivity index (χ3n) is 1.74. The van der Waals surface area contributed by atoms with Crippen LogP contribution in [0.15, 0.2) is 0 Å². The number of nitrogens with zero attached hydrogens (tertiary/aromatic N) is 1. The van der Waals surface area contributed by atoms with Gasteiger partial charge in [-0.2, -0.15) is 0 Å². The van der Waals surface area contributed by atoms with Gasteiger partial charge < -0.3 is 9.42 Å². The summed E-state index contributed by atoms with van der Waals surface area (Å²) in [7, 11) is -2.22. The molecule has 1 aliphatic heterocycles. The Bertz CT molecular complexity index is 167. The molecule has 1 rings (SSSR count). The molecule has 4 nitrogen and oxygen atoms in total. The second-order valence-corrected chi connectivity index (χ2v) is 4.37. The zero-order valence-electron chi connectivity index (χ0n) is 6.56. The van der Waals surface area contributed by atoms with E-state index in [1.165, 1.54) is 11.8 Å². The van der Waals surface area contributed by atoms with E-state index in [-0.39, 0.29) is 0 Å². The maximum atomic E-state index is 11.2. The average molecular weight is 178 g/mol. The second kappa shape index (κ2) is 3.68. The van der Waals surface area contributed by atoms with Crippen molar-refractivity contribution in [1.82, 2.24) is 4.67 Å². The van der Waals surface area contributed by atoms with E-state index in [4.69, 9.17) is 0 Å². The van der Waals surface area contributed by atoms with Gasteiger partial charge in [-0.25, -0.2) is 9.24 Å². The molecule has 0 aromatic heterocycles. The molecule has 1 radical (unpaired) electrons. The first-order valence-electron chi connectivity index (χ1n) is 3.66. The van der Waals surface area contributed by atoms with Gasteiger partial charge in [0.2, 0.25) is 0 Å². The van der Waals surface area contributed by atoms with E-state index in [1.54, 1.807) is 6.54 Å². The minimum Gasteiger partial charge on any atom is -0.312 e. The van der Waals surface area contributed by atoms with Crippen molar-refractivity contribution in [2.45, 2.75) is 19.3 Å². The van der Waals surface area contributed by atoms with Crippen LogP contribution < -0.4 is 0 Å². The molecule has 5 heteroatoms. The molecule has 1 aliphatic rings. The van der Waals surface area contributed by atoms with Crippen molar-refractivity contribution >= 4 is 7.75 Å². The molecule has 65 valence electrons. The van der Waals surface area contributed by atoms with Crippen molar-refractivity contribution in [3.05, 3.63) is 6.54 Å². The van der Waals surface area contributed by atoms with Gasteiger partial charge in [0, 0.05) is 20.2 Å². The first-order chi connectivity index (χ1) is 5.17. The molecular weight excluding hydrogens is 165 g/mol. The maximum absolute atomic E-state index is 11.2. The summed E-state index contributed by atoms with van der Waals surface area (Å²) in [5.74, 6) is 0. The van der Waals surface area contributed by atoms with Crippen molar-refractivity contribution in [2.24, 2.45) is 0 Å². The average Bonchev–Trinajstić information content (AvgIpc) is 2.06. The largest absolute Gasteiger partial charge is 0.405 e. The summed E-state index contributed by atoms with van der Waals surface area (Å²) in [6.07, 6.45) is 2.93. The molecule has 1 unspecified atom stereocenters. The Balaban J connectivity index is 2.51. The number of hydrogen-bond donors (Lipinski definition) is 1. The summed E-state index contributed by atoms with van der Waals surface area (Å²) in [5.41, 5.74) is 0. The summed E-state index contributed by atoms with van der Waals surface area (Å²) in [4.78, 5) is 9.18. The quantitative estimate of drug-likeness (QED) is 0.649. The predicted molar refractivity (Wildman–Crippen MR) is 41.7 cm³/mol. The van der Waals surface area contributed by atoms with E-state index >= 15 is 0 Å². The first-order valence-corrected chi connectivity index (χ1v) is 5.19. The molecule has 1 heterocycles. The van der Waals surface area contributed by atoms with Gasteiger partial charge >= 0.3 is 7.75 Å². The maximum Gasteiger partial charge on any atom is 0.405 e. The highest BCUT2D eigenvalue weighted by Crippen LogP contribution is 2.47. The minimum absolute atomic E-state index is 0.627. The zero-order valence-corrected chi connectivity index (χ0v) is 7.46. The lowest BCUT2D eigenvalue weighted by Gasteiger charge is -2.27. The van der Waals surface area contributed by atoms with E-state index in [9.17, 15) is 9.46 Å². The fraction of sp³-hybridized carbons (Fsp3) is 0.833. The summed E-state index contributed by atoms with van der Waals surface area (Å²) in [6, 6.07) is 0. The smallest absolute Gasteiger partial charge is 0.312 e. The minimum atomic E-state index is -3.47. The lowest BCUT2D eigenvalue weighted by molar-refractivity contribution is 0.239. The highest BCUT2D eigenvalue weighted by Gasteiger charge is 2.29. The Morgan fingerprint density at radius 3 is 2.82 bits per heavy atom. The van der Waals surface area contributed by atoms with Crippen molar-refractivity contribution < 1.29 is 14.0 Å². The van der Waals surface area contributed by atoms with Crippen LogP contribution in [0.2, 0.25) is 0 Å². The van der Waals surface area contributed by atoms with Gasteiger partial charge in [0.25, 0.3) is 0 Å². The van der Waals surface area contributed by atoms with Gasteiger partial charge in [0.1, 0.15) is 0 Å². The molecule has 0 saturated carbocycles. The molecule has 0 bridgehead atoms.